The summed E-state index contributed by atoms with van der Waals surface area (Å²) in [5.74, 6) is -1.30. The molecule has 0 aromatic carbocycles. The number of carbonyl (C=O) groups is 2. The Morgan fingerprint density at radius 2 is 2.18 bits per heavy atom. The van der Waals surface area contributed by atoms with Gasteiger partial charge in [0.05, 0.1) is 18.6 Å². The van der Waals surface area contributed by atoms with E-state index in [0.29, 0.717) is 13.0 Å². The maximum Gasteiger partial charge on any atom is 0.315 e. The zero-order valence-corrected chi connectivity index (χ0v) is 10.2. The van der Waals surface area contributed by atoms with Crippen LogP contribution in [0.1, 0.15) is 26.2 Å². The third kappa shape index (κ3) is 4.22. The lowest BCUT2D eigenvalue weighted by Crippen LogP contribution is -2.48. The third-order valence-corrected chi connectivity index (χ3v) is 2.94. The van der Waals surface area contributed by atoms with E-state index in [2.05, 4.69) is 10.6 Å². The predicted molar refractivity (Wildman–Crippen MR) is 61.8 cm³/mol. The third-order valence-electron chi connectivity index (χ3n) is 2.94. The van der Waals surface area contributed by atoms with Gasteiger partial charge in [0.25, 0.3) is 0 Å². The van der Waals surface area contributed by atoms with Crippen LogP contribution in [0.2, 0.25) is 0 Å². The molecule has 0 heterocycles. The standard InChI is InChI=1S/C11H20N2O4/c1-7(6-17-2)12-11(16)13-9-5-3-4-8(9)10(14)15/h7-9H,3-6H2,1-2H3,(H,14,15)(H2,12,13,16). The molecular formula is C11H20N2O4. The van der Waals surface area contributed by atoms with Gasteiger partial charge in [0.2, 0.25) is 0 Å². The number of hydrogen-bond acceptors (Lipinski definition) is 3. The van der Waals surface area contributed by atoms with E-state index in [4.69, 9.17) is 9.84 Å². The quantitative estimate of drug-likeness (QED) is 0.660. The molecule has 1 aliphatic carbocycles. The van der Waals surface area contributed by atoms with Gasteiger partial charge in [0, 0.05) is 13.2 Å². The van der Waals surface area contributed by atoms with Crippen LogP contribution < -0.4 is 10.6 Å². The van der Waals surface area contributed by atoms with Crippen LogP contribution in [0.3, 0.4) is 0 Å². The zero-order chi connectivity index (χ0) is 12.8. The molecule has 0 aromatic rings. The molecule has 2 amide bonds. The van der Waals surface area contributed by atoms with E-state index in [-0.39, 0.29) is 18.1 Å². The van der Waals surface area contributed by atoms with Gasteiger partial charge in [0.15, 0.2) is 0 Å². The molecule has 1 fully saturated rings. The Bertz CT molecular complexity index is 283. The van der Waals surface area contributed by atoms with Crippen molar-refractivity contribution in [3.05, 3.63) is 0 Å². The van der Waals surface area contributed by atoms with E-state index in [0.717, 1.165) is 12.8 Å². The van der Waals surface area contributed by atoms with Gasteiger partial charge in [-0.2, -0.15) is 0 Å². The fourth-order valence-electron chi connectivity index (χ4n) is 2.15. The highest BCUT2D eigenvalue weighted by Gasteiger charge is 2.33. The van der Waals surface area contributed by atoms with E-state index in [1.807, 2.05) is 6.92 Å². The number of carboxylic acid groups (broad SMARTS) is 1. The van der Waals surface area contributed by atoms with Crippen LogP contribution >= 0.6 is 0 Å². The van der Waals surface area contributed by atoms with Crippen molar-refractivity contribution >= 4 is 12.0 Å². The first-order valence-electron chi connectivity index (χ1n) is 5.83. The van der Waals surface area contributed by atoms with Crippen LogP contribution in [-0.4, -0.2) is 42.9 Å². The molecule has 6 heteroatoms. The Kier molecular flexibility index (Phi) is 5.21. The predicted octanol–water partition coefficient (Wildman–Crippen LogP) is 0.574. The first kappa shape index (κ1) is 13.8. The van der Waals surface area contributed by atoms with Crippen LogP contribution in [0.25, 0.3) is 0 Å². The molecule has 0 aliphatic heterocycles. The summed E-state index contributed by atoms with van der Waals surface area (Å²) in [6.07, 6.45) is 2.20. The number of nitrogens with one attached hydrogen (secondary N) is 2. The first-order valence-corrected chi connectivity index (χ1v) is 5.83. The van der Waals surface area contributed by atoms with Gasteiger partial charge < -0.3 is 20.5 Å². The summed E-state index contributed by atoms with van der Waals surface area (Å²) in [6, 6.07) is -0.681. The number of hydrogen-bond donors (Lipinski definition) is 3. The monoisotopic (exact) mass is 244 g/mol. The van der Waals surface area contributed by atoms with Crippen molar-refractivity contribution < 1.29 is 19.4 Å². The molecule has 98 valence electrons. The van der Waals surface area contributed by atoms with Gasteiger partial charge in [-0.1, -0.05) is 6.42 Å². The maximum atomic E-state index is 11.6. The average Bonchev–Trinajstić information content (AvgIpc) is 2.65. The smallest absolute Gasteiger partial charge is 0.315 e. The summed E-state index contributed by atoms with van der Waals surface area (Å²) in [7, 11) is 1.56. The van der Waals surface area contributed by atoms with Crippen LogP contribution in [0.4, 0.5) is 4.79 Å². The Labute approximate surface area is 101 Å². The van der Waals surface area contributed by atoms with Crippen LogP contribution in [0.5, 0.6) is 0 Å². The molecule has 3 atom stereocenters. The maximum absolute atomic E-state index is 11.6. The molecule has 0 radical (unpaired) electrons. The number of rotatable bonds is 5. The van der Waals surface area contributed by atoms with E-state index >= 15 is 0 Å². The Morgan fingerprint density at radius 3 is 2.76 bits per heavy atom. The first-order chi connectivity index (χ1) is 8.04. The van der Waals surface area contributed by atoms with Gasteiger partial charge in [0.1, 0.15) is 0 Å². The number of ether oxygens (including phenoxy) is 1. The summed E-state index contributed by atoms with van der Waals surface area (Å²) in [5, 5.41) is 14.4. The molecule has 3 N–H and O–H groups in total. The van der Waals surface area contributed by atoms with Gasteiger partial charge in [-0.3, -0.25) is 4.79 Å². The van der Waals surface area contributed by atoms with Crippen LogP contribution in [-0.2, 0) is 9.53 Å². The average molecular weight is 244 g/mol. The Hall–Kier alpha value is -1.30. The summed E-state index contributed by atoms with van der Waals surface area (Å²) < 4.78 is 4.90. The second kappa shape index (κ2) is 6.44. The highest BCUT2D eigenvalue weighted by Crippen LogP contribution is 2.25. The van der Waals surface area contributed by atoms with Gasteiger partial charge >= 0.3 is 12.0 Å². The van der Waals surface area contributed by atoms with Crippen molar-refractivity contribution in [1.29, 1.82) is 0 Å². The fourth-order valence-corrected chi connectivity index (χ4v) is 2.15. The zero-order valence-electron chi connectivity index (χ0n) is 10.2. The molecule has 1 rings (SSSR count). The van der Waals surface area contributed by atoms with Crippen LogP contribution in [0.15, 0.2) is 0 Å². The molecule has 17 heavy (non-hydrogen) atoms. The highest BCUT2D eigenvalue weighted by molar-refractivity contribution is 5.77. The number of carboxylic acids is 1. The molecule has 0 aromatic heterocycles. The molecule has 1 aliphatic rings. The fraction of sp³-hybridized carbons (Fsp3) is 0.818. The summed E-state index contributed by atoms with van der Waals surface area (Å²) in [4.78, 5) is 22.5. The summed E-state index contributed by atoms with van der Waals surface area (Å²) in [5.41, 5.74) is 0. The van der Waals surface area contributed by atoms with Crippen molar-refractivity contribution in [3.63, 3.8) is 0 Å². The number of urea groups is 1. The second-order valence-corrected chi connectivity index (χ2v) is 4.46. The van der Waals surface area contributed by atoms with Crippen molar-refractivity contribution in [2.75, 3.05) is 13.7 Å². The minimum absolute atomic E-state index is 0.0929. The molecular weight excluding hydrogens is 224 g/mol. The molecule has 0 spiro atoms. The normalized spacial score (nSPS) is 25.3. The minimum Gasteiger partial charge on any atom is -0.481 e. The highest BCUT2D eigenvalue weighted by atomic mass is 16.5. The van der Waals surface area contributed by atoms with E-state index < -0.39 is 11.9 Å². The largest absolute Gasteiger partial charge is 0.481 e. The van der Waals surface area contributed by atoms with Crippen molar-refractivity contribution in [1.82, 2.24) is 10.6 Å². The van der Waals surface area contributed by atoms with E-state index in [9.17, 15) is 9.59 Å². The van der Waals surface area contributed by atoms with Crippen molar-refractivity contribution in [3.8, 4) is 0 Å². The lowest BCUT2D eigenvalue weighted by atomic mass is 10.0. The number of amides is 2. The second-order valence-electron chi connectivity index (χ2n) is 4.46. The van der Waals surface area contributed by atoms with E-state index in [1.54, 1.807) is 7.11 Å². The van der Waals surface area contributed by atoms with Crippen LogP contribution in [0, 0.1) is 5.92 Å². The van der Waals surface area contributed by atoms with Gasteiger partial charge in [-0.15, -0.1) is 0 Å². The SMILES string of the molecule is COCC(C)NC(=O)NC1CCCC1C(=O)O. The Balaban J connectivity index is 2.37. The number of methoxy groups -OCH3 is 1. The van der Waals surface area contributed by atoms with Gasteiger partial charge in [-0.05, 0) is 19.8 Å². The number of aliphatic carboxylic acids is 1. The lowest BCUT2D eigenvalue weighted by molar-refractivity contribution is -0.142. The Morgan fingerprint density at radius 1 is 1.47 bits per heavy atom. The number of carbonyl (C=O) groups excluding carboxylic acids is 1. The topological polar surface area (TPSA) is 87.7 Å². The van der Waals surface area contributed by atoms with Crippen molar-refractivity contribution in [2.24, 2.45) is 5.92 Å². The molecule has 3 unspecified atom stereocenters. The molecule has 0 bridgehead atoms. The lowest BCUT2D eigenvalue weighted by Gasteiger charge is -2.20. The molecule has 6 nitrogen and oxygen atoms in total. The molecule has 1 saturated carbocycles. The van der Waals surface area contributed by atoms with Gasteiger partial charge in [-0.25, -0.2) is 4.79 Å². The van der Waals surface area contributed by atoms with Crippen molar-refractivity contribution in [2.45, 2.75) is 38.3 Å². The minimum atomic E-state index is -0.835. The summed E-state index contributed by atoms with van der Waals surface area (Å²) in [6.45, 7) is 2.26. The van der Waals surface area contributed by atoms with E-state index in [1.165, 1.54) is 0 Å². The molecule has 0 saturated heterocycles. The summed E-state index contributed by atoms with van der Waals surface area (Å²) >= 11 is 0.